The molecule has 0 fully saturated rings. The second kappa shape index (κ2) is 7.55. The van der Waals surface area contributed by atoms with Crippen molar-refractivity contribution in [2.45, 2.75) is 25.2 Å². The van der Waals surface area contributed by atoms with Crippen molar-refractivity contribution in [1.29, 1.82) is 0 Å². The molecule has 128 valence electrons. The predicted molar refractivity (Wildman–Crippen MR) is 90.8 cm³/mol. The van der Waals surface area contributed by atoms with Crippen LogP contribution in [0.4, 0.5) is 10.1 Å². The topological polar surface area (TPSA) is 75.3 Å². The van der Waals surface area contributed by atoms with E-state index in [-0.39, 0.29) is 10.5 Å². The number of anilines is 1. The van der Waals surface area contributed by atoms with Gasteiger partial charge in [-0.2, -0.15) is 0 Å². The molecule has 5 nitrogen and oxygen atoms in total. The van der Waals surface area contributed by atoms with E-state index >= 15 is 0 Å². The van der Waals surface area contributed by atoms with E-state index in [2.05, 4.69) is 10.0 Å². The number of rotatable bonds is 6. The summed E-state index contributed by atoms with van der Waals surface area (Å²) in [5.74, 6) is -0.969. The average molecular weight is 350 g/mol. The maximum absolute atomic E-state index is 13.2. The molecule has 0 saturated carbocycles. The Bertz CT molecular complexity index is 833. The monoisotopic (exact) mass is 350 g/mol. The summed E-state index contributed by atoms with van der Waals surface area (Å²) >= 11 is 0. The first-order valence-corrected chi connectivity index (χ1v) is 8.95. The third-order valence-electron chi connectivity index (χ3n) is 3.51. The van der Waals surface area contributed by atoms with Crippen LogP contribution < -0.4 is 10.0 Å². The van der Waals surface area contributed by atoms with Gasteiger partial charge in [0.2, 0.25) is 15.9 Å². The van der Waals surface area contributed by atoms with Crippen LogP contribution in [0, 0.1) is 12.7 Å². The number of carbonyl (C=O) groups is 1. The molecule has 2 rings (SSSR count). The van der Waals surface area contributed by atoms with Gasteiger partial charge in [-0.05, 0) is 54.8 Å². The fourth-order valence-corrected chi connectivity index (χ4v) is 3.12. The number of hydrogen-bond acceptors (Lipinski definition) is 3. The van der Waals surface area contributed by atoms with Crippen LogP contribution in [0.15, 0.2) is 47.4 Å². The van der Waals surface area contributed by atoms with Gasteiger partial charge in [-0.3, -0.25) is 4.79 Å². The number of nitrogens with one attached hydrogen (secondary N) is 2. The number of aryl methyl sites for hydroxylation is 2. The van der Waals surface area contributed by atoms with Crippen LogP contribution >= 0.6 is 0 Å². The molecule has 0 radical (unpaired) electrons. The van der Waals surface area contributed by atoms with E-state index in [4.69, 9.17) is 0 Å². The maximum atomic E-state index is 13.2. The summed E-state index contributed by atoms with van der Waals surface area (Å²) in [7, 11) is -3.88. The number of benzene rings is 2. The Morgan fingerprint density at radius 3 is 2.38 bits per heavy atom. The first-order chi connectivity index (χ1) is 11.3. The summed E-state index contributed by atoms with van der Waals surface area (Å²) in [5.41, 5.74) is 1.95. The smallest absolute Gasteiger partial charge is 0.241 e. The Kier molecular flexibility index (Phi) is 5.69. The molecule has 0 aliphatic rings. The maximum Gasteiger partial charge on any atom is 0.241 e. The summed E-state index contributed by atoms with van der Waals surface area (Å²) in [6.45, 7) is 3.09. The van der Waals surface area contributed by atoms with E-state index in [1.54, 1.807) is 12.1 Å². The fourth-order valence-electron chi connectivity index (χ4n) is 2.06. The lowest BCUT2D eigenvalue weighted by atomic mass is 10.1. The summed E-state index contributed by atoms with van der Waals surface area (Å²) in [5, 5.41) is 2.61. The van der Waals surface area contributed by atoms with Crippen LogP contribution in [-0.2, 0) is 21.2 Å². The van der Waals surface area contributed by atoms with Crippen molar-refractivity contribution in [1.82, 2.24) is 4.72 Å². The van der Waals surface area contributed by atoms with E-state index in [0.29, 0.717) is 5.69 Å². The minimum atomic E-state index is -3.88. The fraction of sp³-hybridized carbons (Fsp3) is 0.235. The van der Waals surface area contributed by atoms with Gasteiger partial charge in [-0.25, -0.2) is 17.5 Å². The van der Waals surface area contributed by atoms with Crippen molar-refractivity contribution < 1.29 is 17.6 Å². The molecule has 0 aliphatic carbocycles. The molecule has 0 aliphatic heterocycles. The molecule has 0 atom stereocenters. The van der Waals surface area contributed by atoms with Crippen molar-refractivity contribution in [3.8, 4) is 0 Å². The molecule has 7 heteroatoms. The zero-order valence-corrected chi connectivity index (χ0v) is 14.3. The van der Waals surface area contributed by atoms with Crippen LogP contribution in [0.3, 0.4) is 0 Å². The molecule has 0 heterocycles. The van der Waals surface area contributed by atoms with Gasteiger partial charge in [0.1, 0.15) is 5.82 Å². The molecule has 0 saturated heterocycles. The summed E-state index contributed by atoms with van der Waals surface area (Å²) in [4.78, 5) is 11.8. The van der Waals surface area contributed by atoms with Crippen molar-refractivity contribution in [2.75, 3.05) is 11.9 Å². The molecular weight excluding hydrogens is 331 g/mol. The Hall–Kier alpha value is -2.25. The third-order valence-corrected chi connectivity index (χ3v) is 4.91. The van der Waals surface area contributed by atoms with E-state index in [1.807, 2.05) is 19.1 Å². The van der Waals surface area contributed by atoms with Gasteiger partial charge in [0, 0.05) is 5.69 Å². The Morgan fingerprint density at radius 1 is 1.12 bits per heavy atom. The Labute approximate surface area is 141 Å². The van der Waals surface area contributed by atoms with Gasteiger partial charge in [0.05, 0.1) is 11.4 Å². The van der Waals surface area contributed by atoms with Crippen LogP contribution in [0.25, 0.3) is 0 Å². The first-order valence-electron chi connectivity index (χ1n) is 7.46. The SMILES string of the molecule is CCc1ccc(NC(=O)CNS(=O)(=O)c2ccc(F)c(C)c2)cc1. The summed E-state index contributed by atoms with van der Waals surface area (Å²) < 4.78 is 39.7. The van der Waals surface area contributed by atoms with E-state index < -0.39 is 28.3 Å². The van der Waals surface area contributed by atoms with Crippen LogP contribution in [0.5, 0.6) is 0 Å². The van der Waals surface area contributed by atoms with Crippen LogP contribution in [-0.4, -0.2) is 20.9 Å². The highest BCUT2D eigenvalue weighted by Gasteiger charge is 2.16. The number of amides is 1. The quantitative estimate of drug-likeness (QED) is 0.841. The minimum Gasteiger partial charge on any atom is -0.325 e. The lowest BCUT2D eigenvalue weighted by Crippen LogP contribution is -2.33. The summed E-state index contributed by atoms with van der Waals surface area (Å²) in [6.07, 6.45) is 0.894. The number of hydrogen-bond donors (Lipinski definition) is 2. The van der Waals surface area contributed by atoms with Gasteiger partial charge in [-0.1, -0.05) is 19.1 Å². The van der Waals surface area contributed by atoms with Crippen molar-refractivity contribution in [3.05, 3.63) is 59.4 Å². The standard InChI is InChI=1S/C17H19FN2O3S/c1-3-13-4-6-14(7-5-13)20-17(21)11-19-24(22,23)15-8-9-16(18)12(2)10-15/h4-10,19H,3,11H2,1-2H3,(H,20,21). The van der Waals surface area contributed by atoms with Crippen molar-refractivity contribution >= 4 is 21.6 Å². The molecular formula is C17H19FN2O3S. The number of sulfonamides is 1. The van der Waals surface area contributed by atoms with Gasteiger partial charge in [0.15, 0.2) is 0 Å². The normalized spacial score (nSPS) is 11.3. The Morgan fingerprint density at radius 2 is 1.79 bits per heavy atom. The van der Waals surface area contributed by atoms with E-state index in [0.717, 1.165) is 24.1 Å². The molecule has 24 heavy (non-hydrogen) atoms. The molecule has 0 spiro atoms. The summed E-state index contributed by atoms with van der Waals surface area (Å²) in [6, 6.07) is 10.8. The molecule has 2 N–H and O–H groups in total. The highest BCUT2D eigenvalue weighted by molar-refractivity contribution is 7.89. The van der Waals surface area contributed by atoms with Crippen molar-refractivity contribution in [2.24, 2.45) is 0 Å². The number of carbonyl (C=O) groups excluding carboxylic acids is 1. The molecule has 0 bridgehead atoms. The van der Waals surface area contributed by atoms with E-state index in [1.165, 1.54) is 13.0 Å². The highest BCUT2D eigenvalue weighted by Crippen LogP contribution is 2.14. The van der Waals surface area contributed by atoms with E-state index in [9.17, 15) is 17.6 Å². The second-order valence-corrected chi connectivity index (χ2v) is 7.10. The second-order valence-electron chi connectivity index (χ2n) is 5.33. The molecule has 0 unspecified atom stereocenters. The van der Waals surface area contributed by atoms with Gasteiger partial charge in [-0.15, -0.1) is 0 Å². The van der Waals surface area contributed by atoms with Gasteiger partial charge in [0.25, 0.3) is 0 Å². The molecule has 2 aromatic rings. The number of halogens is 1. The highest BCUT2D eigenvalue weighted by atomic mass is 32.2. The minimum absolute atomic E-state index is 0.0819. The molecule has 2 aromatic carbocycles. The zero-order valence-electron chi connectivity index (χ0n) is 13.5. The molecule has 1 amide bonds. The largest absolute Gasteiger partial charge is 0.325 e. The first kappa shape index (κ1) is 18.1. The van der Waals surface area contributed by atoms with Crippen molar-refractivity contribution in [3.63, 3.8) is 0 Å². The lowest BCUT2D eigenvalue weighted by molar-refractivity contribution is -0.115. The van der Waals surface area contributed by atoms with Crippen LogP contribution in [0.2, 0.25) is 0 Å². The predicted octanol–water partition coefficient (Wildman–Crippen LogP) is 2.61. The third kappa shape index (κ3) is 4.62. The van der Waals surface area contributed by atoms with Crippen LogP contribution in [0.1, 0.15) is 18.1 Å². The Balaban J connectivity index is 1.97. The zero-order chi connectivity index (χ0) is 17.7. The molecule has 0 aromatic heterocycles. The van der Waals surface area contributed by atoms with Gasteiger partial charge < -0.3 is 5.32 Å². The lowest BCUT2D eigenvalue weighted by Gasteiger charge is -2.09. The van der Waals surface area contributed by atoms with Gasteiger partial charge >= 0.3 is 0 Å². The average Bonchev–Trinajstić information content (AvgIpc) is 2.56.